The lowest BCUT2D eigenvalue weighted by Gasteiger charge is -2.15. The summed E-state index contributed by atoms with van der Waals surface area (Å²) in [6, 6.07) is 9.73. The van der Waals surface area contributed by atoms with Crippen molar-refractivity contribution >= 4 is 11.9 Å². The molecule has 118 valence electrons. The zero-order chi connectivity index (χ0) is 16.2. The number of hydrogen-bond acceptors (Lipinski definition) is 3. The van der Waals surface area contributed by atoms with Gasteiger partial charge in [0, 0.05) is 31.9 Å². The van der Waals surface area contributed by atoms with Crippen LogP contribution in [0.1, 0.15) is 39.9 Å². The van der Waals surface area contributed by atoms with E-state index in [0.717, 1.165) is 29.7 Å². The second-order valence-corrected chi connectivity index (χ2v) is 5.80. The SMILES string of the molecule is O=C(O)c1cncc(Cc2ccc(CN3CCCC3=O)cc2)c1. The molecule has 0 unspecified atom stereocenters. The molecule has 5 nitrogen and oxygen atoms in total. The van der Waals surface area contributed by atoms with Crippen molar-refractivity contribution in [3.63, 3.8) is 0 Å². The van der Waals surface area contributed by atoms with Crippen molar-refractivity contribution in [3.05, 3.63) is 65.0 Å². The Hall–Kier alpha value is -2.69. The van der Waals surface area contributed by atoms with Crippen molar-refractivity contribution in [1.29, 1.82) is 0 Å². The van der Waals surface area contributed by atoms with Crippen LogP contribution in [0.2, 0.25) is 0 Å². The normalized spacial score (nSPS) is 14.3. The number of nitrogens with zero attached hydrogens (tertiary/aromatic N) is 2. The molecule has 0 bridgehead atoms. The predicted octanol–water partition coefficient (Wildman–Crippen LogP) is 2.49. The number of benzene rings is 1. The highest BCUT2D eigenvalue weighted by molar-refractivity contribution is 5.87. The number of carboxylic acid groups (broad SMARTS) is 1. The number of aromatic carboxylic acids is 1. The maximum atomic E-state index is 11.6. The Labute approximate surface area is 134 Å². The smallest absolute Gasteiger partial charge is 0.337 e. The summed E-state index contributed by atoms with van der Waals surface area (Å²) in [5.74, 6) is -0.740. The van der Waals surface area contributed by atoms with Crippen molar-refractivity contribution < 1.29 is 14.7 Å². The lowest BCUT2D eigenvalue weighted by molar-refractivity contribution is -0.128. The number of carbonyl (C=O) groups excluding carboxylic acids is 1. The number of aromatic nitrogens is 1. The fourth-order valence-corrected chi connectivity index (χ4v) is 2.79. The number of rotatable bonds is 5. The molecule has 1 amide bonds. The van der Waals surface area contributed by atoms with Gasteiger partial charge in [0.25, 0.3) is 0 Å². The summed E-state index contributed by atoms with van der Waals surface area (Å²) in [5, 5.41) is 9.00. The minimum absolute atomic E-state index is 0.201. The lowest BCUT2D eigenvalue weighted by Crippen LogP contribution is -2.23. The highest BCUT2D eigenvalue weighted by atomic mass is 16.4. The van der Waals surface area contributed by atoms with E-state index in [1.54, 1.807) is 12.3 Å². The summed E-state index contributed by atoms with van der Waals surface area (Å²) in [7, 11) is 0. The molecule has 1 aromatic heterocycles. The third-order valence-electron chi connectivity index (χ3n) is 4.02. The van der Waals surface area contributed by atoms with Crippen LogP contribution in [-0.2, 0) is 17.8 Å². The van der Waals surface area contributed by atoms with Crippen LogP contribution in [0.25, 0.3) is 0 Å². The number of pyridine rings is 1. The minimum Gasteiger partial charge on any atom is -0.478 e. The van der Waals surface area contributed by atoms with Crippen molar-refractivity contribution in [2.24, 2.45) is 0 Å². The van der Waals surface area contributed by atoms with Crippen molar-refractivity contribution in [2.75, 3.05) is 6.54 Å². The van der Waals surface area contributed by atoms with Gasteiger partial charge in [0.2, 0.25) is 5.91 Å². The molecule has 2 aromatic rings. The third kappa shape index (κ3) is 3.74. The van der Waals surface area contributed by atoms with Gasteiger partial charge in [-0.25, -0.2) is 4.79 Å². The third-order valence-corrected chi connectivity index (χ3v) is 4.02. The van der Waals surface area contributed by atoms with Gasteiger partial charge in [-0.15, -0.1) is 0 Å². The maximum absolute atomic E-state index is 11.6. The molecule has 0 saturated carbocycles. The predicted molar refractivity (Wildman–Crippen MR) is 85.1 cm³/mol. The summed E-state index contributed by atoms with van der Waals surface area (Å²) >= 11 is 0. The largest absolute Gasteiger partial charge is 0.478 e. The Kier molecular flexibility index (Phi) is 4.37. The van der Waals surface area contributed by atoms with Gasteiger partial charge in [0.05, 0.1) is 5.56 Å². The summed E-state index contributed by atoms with van der Waals surface area (Å²) in [6.07, 6.45) is 5.27. The average Bonchev–Trinajstić information content (AvgIpc) is 2.95. The molecule has 2 heterocycles. The molecule has 1 saturated heterocycles. The van der Waals surface area contributed by atoms with Crippen LogP contribution in [0.5, 0.6) is 0 Å². The quantitative estimate of drug-likeness (QED) is 0.921. The fourth-order valence-electron chi connectivity index (χ4n) is 2.79. The van der Waals surface area contributed by atoms with Crippen LogP contribution in [0.15, 0.2) is 42.7 Å². The molecule has 1 N–H and O–H groups in total. The summed E-state index contributed by atoms with van der Waals surface area (Å²) in [6.45, 7) is 1.50. The second-order valence-electron chi connectivity index (χ2n) is 5.80. The second kappa shape index (κ2) is 6.60. The van der Waals surface area contributed by atoms with Crippen molar-refractivity contribution in [1.82, 2.24) is 9.88 Å². The molecular formula is C18H18N2O3. The first-order chi connectivity index (χ1) is 11.1. The summed E-state index contributed by atoms with van der Waals surface area (Å²) < 4.78 is 0. The van der Waals surface area contributed by atoms with E-state index in [2.05, 4.69) is 4.98 Å². The molecule has 0 radical (unpaired) electrons. The van der Waals surface area contributed by atoms with E-state index in [-0.39, 0.29) is 11.5 Å². The molecule has 3 rings (SSSR count). The van der Waals surface area contributed by atoms with Gasteiger partial charge < -0.3 is 10.0 Å². The first kappa shape index (κ1) is 15.2. The molecule has 1 aliphatic rings. The van der Waals surface area contributed by atoms with E-state index in [1.807, 2.05) is 29.2 Å². The Morgan fingerprint density at radius 3 is 2.52 bits per heavy atom. The lowest BCUT2D eigenvalue weighted by atomic mass is 10.0. The number of carboxylic acids is 1. The molecule has 0 aliphatic carbocycles. The van der Waals surface area contributed by atoms with Gasteiger partial charge in [-0.05, 0) is 35.6 Å². The van der Waals surface area contributed by atoms with Crippen molar-refractivity contribution in [3.8, 4) is 0 Å². The number of amides is 1. The summed E-state index contributed by atoms with van der Waals surface area (Å²) in [4.78, 5) is 28.5. The van der Waals surface area contributed by atoms with Gasteiger partial charge >= 0.3 is 5.97 Å². The minimum atomic E-state index is -0.968. The summed E-state index contributed by atoms with van der Waals surface area (Å²) in [5.41, 5.74) is 3.27. The van der Waals surface area contributed by atoms with Crippen LogP contribution < -0.4 is 0 Å². The zero-order valence-electron chi connectivity index (χ0n) is 12.7. The monoisotopic (exact) mass is 310 g/mol. The van der Waals surface area contributed by atoms with E-state index >= 15 is 0 Å². The van der Waals surface area contributed by atoms with Crippen molar-refractivity contribution in [2.45, 2.75) is 25.8 Å². The van der Waals surface area contributed by atoms with E-state index in [1.165, 1.54) is 6.20 Å². The van der Waals surface area contributed by atoms with Gasteiger partial charge in [0.15, 0.2) is 0 Å². The zero-order valence-corrected chi connectivity index (χ0v) is 12.7. The van der Waals surface area contributed by atoms with Crippen LogP contribution in [0.4, 0.5) is 0 Å². The van der Waals surface area contributed by atoms with Crippen LogP contribution in [-0.4, -0.2) is 33.4 Å². The molecule has 1 aliphatic heterocycles. The first-order valence-corrected chi connectivity index (χ1v) is 7.64. The van der Waals surface area contributed by atoms with Gasteiger partial charge in [-0.2, -0.15) is 0 Å². The van der Waals surface area contributed by atoms with E-state index in [9.17, 15) is 9.59 Å². The van der Waals surface area contributed by atoms with Gasteiger partial charge in [-0.1, -0.05) is 24.3 Å². The van der Waals surface area contributed by atoms with E-state index < -0.39 is 5.97 Å². The molecule has 5 heteroatoms. The molecule has 1 fully saturated rings. The highest BCUT2D eigenvalue weighted by Gasteiger charge is 2.19. The number of carbonyl (C=O) groups is 2. The standard InChI is InChI=1S/C18H18N2O3/c21-17-2-1-7-20(17)12-14-5-3-13(4-6-14)8-15-9-16(18(22)23)11-19-10-15/h3-6,9-11H,1-2,7-8,12H2,(H,22,23). The first-order valence-electron chi connectivity index (χ1n) is 7.64. The maximum Gasteiger partial charge on any atom is 0.337 e. The Morgan fingerprint density at radius 1 is 1.13 bits per heavy atom. The molecule has 23 heavy (non-hydrogen) atoms. The van der Waals surface area contributed by atoms with Crippen LogP contribution >= 0.6 is 0 Å². The Balaban J connectivity index is 1.66. The van der Waals surface area contributed by atoms with Crippen LogP contribution in [0, 0.1) is 0 Å². The Bertz CT molecular complexity index is 725. The highest BCUT2D eigenvalue weighted by Crippen LogP contribution is 2.16. The molecule has 0 atom stereocenters. The van der Waals surface area contributed by atoms with E-state index in [0.29, 0.717) is 19.4 Å². The number of hydrogen-bond donors (Lipinski definition) is 1. The molecule has 0 spiro atoms. The number of likely N-dealkylation sites (tertiary alicyclic amines) is 1. The molecular weight excluding hydrogens is 292 g/mol. The van der Waals surface area contributed by atoms with Gasteiger partial charge in [0.1, 0.15) is 0 Å². The Morgan fingerprint density at radius 2 is 1.87 bits per heavy atom. The fraction of sp³-hybridized carbons (Fsp3) is 0.278. The van der Waals surface area contributed by atoms with Gasteiger partial charge in [-0.3, -0.25) is 9.78 Å². The van der Waals surface area contributed by atoms with Crippen LogP contribution in [0.3, 0.4) is 0 Å². The topological polar surface area (TPSA) is 70.5 Å². The molecule has 1 aromatic carbocycles. The van der Waals surface area contributed by atoms with E-state index in [4.69, 9.17) is 5.11 Å². The average molecular weight is 310 g/mol.